The van der Waals surface area contributed by atoms with Crippen LogP contribution in [0.3, 0.4) is 0 Å². The van der Waals surface area contributed by atoms with Gasteiger partial charge in [-0.25, -0.2) is 4.98 Å². The molecule has 5 heteroatoms. The van der Waals surface area contributed by atoms with Gasteiger partial charge in [0.1, 0.15) is 17.0 Å². The molecule has 3 aromatic heterocycles. The van der Waals surface area contributed by atoms with Crippen LogP contribution in [-0.2, 0) is 0 Å². The van der Waals surface area contributed by atoms with Crippen LogP contribution in [0, 0.1) is 0 Å². The zero-order valence-electron chi connectivity index (χ0n) is 34.6. The minimum atomic E-state index is -0.789. The average molecular weight is 829 g/mol. The van der Waals surface area contributed by atoms with Gasteiger partial charge < -0.3 is 8.83 Å². The number of hydrogen-bond acceptors (Lipinski definition) is 3. The molecule has 0 amide bonds. The molecular weight excluding hydrogens is 788 g/mol. The Kier molecular flexibility index (Phi) is 9.84. The molecule has 0 N–H and O–H groups in total. The Balaban J connectivity index is 0.00000144. The SMILES string of the molecule is C=CC.c1ccc(-c2cc3oc4c(ccc5c6cc(P(c7ccccc7)c7ccccc7)ccc6oc54)c3c(-c3ccccc3)c2-c2nc3ccccc3n2-c2ccccc2)cc1. The fourth-order valence-corrected chi connectivity index (χ4v) is 11.3. The largest absolute Gasteiger partial charge is 0.452 e. The summed E-state index contributed by atoms with van der Waals surface area (Å²) in [6, 6.07) is 75.2. The Labute approximate surface area is 366 Å². The van der Waals surface area contributed by atoms with Gasteiger partial charge in [0.2, 0.25) is 0 Å². The van der Waals surface area contributed by atoms with Gasteiger partial charge in [0.05, 0.1) is 11.0 Å². The first-order valence-corrected chi connectivity index (χ1v) is 22.5. The molecule has 0 spiro atoms. The second kappa shape index (κ2) is 16.2. The number of rotatable bonds is 7. The third-order valence-electron chi connectivity index (χ3n) is 11.6. The van der Waals surface area contributed by atoms with E-state index in [1.54, 1.807) is 6.08 Å². The molecule has 0 atom stereocenters. The molecule has 0 aliphatic carbocycles. The van der Waals surface area contributed by atoms with Crippen molar-refractivity contribution in [2.75, 3.05) is 0 Å². The fraction of sp³-hybridized carbons (Fsp3) is 0.0172. The van der Waals surface area contributed by atoms with Gasteiger partial charge >= 0.3 is 0 Å². The summed E-state index contributed by atoms with van der Waals surface area (Å²) in [5.41, 5.74) is 11.4. The van der Waals surface area contributed by atoms with Crippen molar-refractivity contribution in [1.82, 2.24) is 9.55 Å². The minimum Gasteiger partial charge on any atom is -0.452 e. The van der Waals surface area contributed by atoms with E-state index >= 15 is 0 Å². The predicted molar refractivity (Wildman–Crippen MR) is 267 cm³/mol. The first kappa shape index (κ1) is 38.2. The highest BCUT2D eigenvalue weighted by molar-refractivity contribution is 7.79. The van der Waals surface area contributed by atoms with Crippen molar-refractivity contribution in [2.24, 2.45) is 0 Å². The maximum Gasteiger partial charge on any atom is 0.178 e. The van der Waals surface area contributed by atoms with Gasteiger partial charge in [-0.05, 0) is 102 Å². The van der Waals surface area contributed by atoms with Gasteiger partial charge in [-0.15, -0.1) is 6.58 Å². The predicted octanol–water partition coefficient (Wildman–Crippen LogP) is 14.8. The molecule has 0 bridgehead atoms. The Morgan fingerprint density at radius 1 is 0.492 bits per heavy atom. The Morgan fingerprint density at radius 2 is 1.03 bits per heavy atom. The molecule has 0 saturated carbocycles. The number of hydrogen-bond donors (Lipinski definition) is 0. The summed E-state index contributed by atoms with van der Waals surface area (Å²) in [6.45, 7) is 5.25. The van der Waals surface area contributed by atoms with Crippen molar-refractivity contribution in [3.8, 4) is 39.3 Å². The lowest BCUT2D eigenvalue weighted by molar-refractivity contribution is 0.633. The van der Waals surface area contributed by atoms with Crippen molar-refractivity contribution in [1.29, 1.82) is 0 Å². The van der Waals surface area contributed by atoms with Crippen molar-refractivity contribution >= 4 is 78.7 Å². The number of para-hydroxylation sites is 3. The standard InChI is InChI=1S/C55H35N2O2P.C3H6/c1-6-18-36(19-7-1)44-35-49-51(50(37-20-8-2-9-21-37)52(44)55-56-46-28-16-17-29-47(46)57(55)38-22-10-3-11-23-38)43-32-31-42-45-34-41(30-33-48(45)58-53(42)54(43)59-49)60(39-24-12-4-13-25-39)40-26-14-5-15-27-40;1-3-2/h1-35H;3H,1H2,2H3. The normalized spacial score (nSPS) is 11.5. The summed E-state index contributed by atoms with van der Waals surface area (Å²) < 4.78 is 16.2. The molecule has 4 nitrogen and oxygen atoms in total. The van der Waals surface area contributed by atoms with Crippen LogP contribution in [0.2, 0.25) is 0 Å². The van der Waals surface area contributed by atoms with E-state index < -0.39 is 7.92 Å². The third-order valence-corrected chi connectivity index (χ3v) is 14.0. The van der Waals surface area contributed by atoms with Crippen LogP contribution in [0.15, 0.2) is 234 Å². The quantitative estimate of drug-likeness (QED) is 0.119. The highest BCUT2D eigenvalue weighted by atomic mass is 31.1. The number of allylic oxidation sites excluding steroid dienone is 1. The number of nitrogens with zero attached hydrogens (tertiary/aromatic N) is 2. The van der Waals surface area contributed by atoms with Crippen molar-refractivity contribution in [3.63, 3.8) is 0 Å². The van der Waals surface area contributed by atoms with Crippen LogP contribution >= 0.6 is 7.92 Å². The Hall–Kier alpha value is -7.78. The Morgan fingerprint density at radius 3 is 1.70 bits per heavy atom. The fourth-order valence-electron chi connectivity index (χ4n) is 8.96. The van der Waals surface area contributed by atoms with Gasteiger partial charge in [0, 0.05) is 38.4 Å². The van der Waals surface area contributed by atoms with Crippen molar-refractivity contribution in [3.05, 3.63) is 225 Å². The van der Waals surface area contributed by atoms with Gasteiger partial charge in [-0.1, -0.05) is 164 Å². The minimum absolute atomic E-state index is 0.735. The van der Waals surface area contributed by atoms with Crippen molar-refractivity contribution < 1.29 is 8.83 Å². The van der Waals surface area contributed by atoms with Crippen LogP contribution in [0.5, 0.6) is 0 Å². The van der Waals surface area contributed by atoms with E-state index in [0.29, 0.717) is 0 Å². The van der Waals surface area contributed by atoms with E-state index in [-0.39, 0.29) is 0 Å². The number of aromatic nitrogens is 2. The molecule has 63 heavy (non-hydrogen) atoms. The smallest absolute Gasteiger partial charge is 0.178 e. The van der Waals surface area contributed by atoms with Crippen molar-refractivity contribution in [2.45, 2.75) is 6.92 Å². The molecule has 3 heterocycles. The summed E-state index contributed by atoms with van der Waals surface area (Å²) in [4.78, 5) is 5.46. The summed E-state index contributed by atoms with van der Waals surface area (Å²) >= 11 is 0. The van der Waals surface area contributed by atoms with Gasteiger partial charge in [-0.3, -0.25) is 4.57 Å². The maximum atomic E-state index is 7.08. The van der Waals surface area contributed by atoms with Crippen LogP contribution < -0.4 is 15.9 Å². The number of fused-ring (bicyclic) bond motifs is 8. The second-order valence-electron chi connectivity index (χ2n) is 15.5. The number of furan rings is 2. The molecule has 0 aliphatic rings. The lowest BCUT2D eigenvalue weighted by Gasteiger charge is -2.19. The summed E-state index contributed by atoms with van der Waals surface area (Å²) in [6.07, 6.45) is 1.75. The third kappa shape index (κ3) is 6.64. The van der Waals surface area contributed by atoms with E-state index in [4.69, 9.17) is 13.8 Å². The number of benzene rings is 9. The summed E-state index contributed by atoms with van der Waals surface area (Å²) in [5, 5.41) is 8.02. The van der Waals surface area contributed by atoms with E-state index in [0.717, 1.165) is 94.2 Å². The monoisotopic (exact) mass is 828 g/mol. The van der Waals surface area contributed by atoms with E-state index in [1.807, 2.05) is 6.92 Å². The first-order valence-electron chi connectivity index (χ1n) is 21.2. The van der Waals surface area contributed by atoms with Gasteiger partial charge in [0.15, 0.2) is 11.2 Å². The highest BCUT2D eigenvalue weighted by Gasteiger charge is 2.28. The topological polar surface area (TPSA) is 44.1 Å². The van der Waals surface area contributed by atoms with Crippen LogP contribution in [0.4, 0.5) is 0 Å². The highest BCUT2D eigenvalue weighted by Crippen LogP contribution is 2.50. The zero-order chi connectivity index (χ0) is 42.3. The molecule has 12 rings (SSSR count). The van der Waals surface area contributed by atoms with Crippen LogP contribution in [0.25, 0.3) is 94.2 Å². The molecule has 0 unspecified atom stereocenters. The van der Waals surface area contributed by atoms with E-state index in [9.17, 15) is 0 Å². The van der Waals surface area contributed by atoms with Crippen LogP contribution in [-0.4, -0.2) is 9.55 Å². The van der Waals surface area contributed by atoms with E-state index in [2.05, 4.69) is 223 Å². The van der Waals surface area contributed by atoms with Gasteiger partial charge in [-0.2, -0.15) is 0 Å². The molecule has 300 valence electrons. The average Bonchev–Trinajstić information content (AvgIpc) is 4.04. The molecule has 0 radical (unpaired) electrons. The van der Waals surface area contributed by atoms with Crippen LogP contribution in [0.1, 0.15) is 6.92 Å². The molecular formula is C58H41N2O2P. The zero-order valence-corrected chi connectivity index (χ0v) is 35.5. The lowest BCUT2D eigenvalue weighted by Crippen LogP contribution is -2.20. The first-order chi connectivity index (χ1) is 31.2. The lowest BCUT2D eigenvalue weighted by atomic mass is 9.87. The molecule has 0 saturated heterocycles. The Bertz CT molecular complexity index is 3540. The molecule has 0 aliphatic heterocycles. The summed E-state index contributed by atoms with van der Waals surface area (Å²) in [7, 11) is -0.789. The summed E-state index contributed by atoms with van der Waals surface area (Å²) in [5.74, 6) is 0.863. The van der Waals surface area contributed by atoms with Gasteiger partial charge in [0.25, 0.3) is 0 Å². The molecule has 9 aromatic carbocycles. The molecule has 0 fully saturated rings. The van der Waals surface area contributed by atoms with E-state index in [1.165, 1.54) is 15.9 Å². The molecule has 12 aromatic rings. The second-order valence-corrected chi connectivity index (χ2v) is 17.7. The maximum absolute atomic E-state index is 7.08. The number of imidazole rings is 1.